The fraction of sp³-hybridized carbons (Fsp3) is 0.529. The molecule has 1 aliphatic carbocycles. The molecule has 2 N–H and O–H groups in total. The molecule has 1 aromatic rings. The number of carbonyl (C=O) groups is 2. The first-order chi connectivity index (χ1) is 12.3. The van der Waals surface area contributed by atoms with Crippen LogP contribution in [0.5, 0.6) is 0 Å². The third-order valence-electron chi connectivity index (χ3n) is 4.13. The van der Waals surface area contributed by atoms with Gasteiger partial charge < -0.3 is 10.1 Å². The Kier molecular flexibility index (Phi) is 7.10. The number of sulfonamides is 1. The van der Waals surface area contributed by atoms with Gasteiger partial charge in [-0.2, -0.15) is 0 Å². The van der Waals surface area contributed by atoms with Crippen LogP contribution in [0.3, 0.4) is 0 Å². The highest BCUT2D eigenvalue weighted by Gasteiger charge is 2.23. The fourth-order valence-electron chi connectivity index (χ4n) is 2.73. The molecule has 2 rings (SSSR count). The number of amides is 1. The number of nitrogens with one attached hydrogen (secondary N) is 2. The molecule has 0 bridgehead atoms. The van der Waals surface area contributed by atoms with Crippen molar-refractivity contribution in [2.45, 2.75) is 56.1 Å². The van der Waals surface area contributed by atoms with Crippen molar-refractivity contribution in [2.75, 3.05) is 6.54 Å². The first-order valence-electron chi connectivity index (χ1n) is 8.53. The zero-order valence-corrected chi connectivity index (χ0v) is 15.4. The molecule has 1 saturated carbocycles. The van der Waals surface area contributed by atoms with Gasteiger partial charge in [0.25, 0.3) is 5.91 Å². The molecule has 1 aromatic carbocycles. The number of ether oxygens (including phenoxy) is 1. The van der Waals surface area contributed by atoms with E-state index in [0.717, 1.165) is 37.8 Å². The lowest BCUT2D eigenvalue weighted by molar-refractivity contribution is -0.154. The quantitative estimate of drug-likeness (QED) is 0.659. The number of carbonyl (C=O) groups excluding carboxylic acids is 2. The van der Waals surface area contributed by atoms with Crippen molar-refractivity contribution in [2.24, 2.45) is 0 Å². The van der Waals surface area contributed by atoms with Crippen LogP contribution in [0.15, 0.2) is 29.2 Å². The first kappa shape index (κ1) is 20.3. The number of hydrogen-bond acceptors (Lipinski definition) is 5. The van der Waals surface area contributed by atoms with Gasteiger partial charge in [0.05, 0.1) is 6.42 Å². The Morgan fingerprint density at radius 3 is 2.58 bits per heavy atom. The van der Waals surface area contributed by atoms with E-state index in [9.17, 15) is 22.4 Å². The van der Waals surface area contributed by atoms with Crippen LogP contribution < -0.4 is 10.0 Å². The summed E-state index contributed by atoms with van der Waals surface area (Å²) in [7, 11) is -4.06. The SMILES string of the molecule is C[C@H](OC(=O)CCNS(=O)(=O)c1ccccc1F)C(=O)NC1CCCC1. The molecule has 0 spiro atoms. The molecule has 1 aliphatic rings. The van der Waals surface area contributed by atoms with E-state index in [0.29, 0.717) is 0 Å². The van der Waals surface area contributed by atoms with E-state index in [1.807, 2.05) is 0 Å². The van der Waals surface area contributed by atoms with Crippen molar-refractivity contribution in [3.05, 3.63) is 30.1 Å². The van der Waals surface area contributed by atoms with Gasteiger partial charge in [0.1, 0.15) is 10.7 Å². The van der Waals surface area contributed by atoms with Crippen molar-refractivity contribution in [1.82, 2.24) is 10.0 Å². The van der Waals surface area contributed by atoms with E-state index in [4.69, 9.17) is 4.74 Å². The Labute approximate surface area is 152 Å². The Hall–Kier alpha value is -2.00. The molecule has 0 saturated heterocycles. The number of hydrogen-bond donors (Lipinski definition) is 2. The van der Waals surface area contributed by atoms with E-state index in [1.165, 1.54) is 19.1 Å². The van der Waals surface area contributed by atoms with Crippen molar-refractivity contribution in [3.8, 4) is 0 Å². The predicted octanol–water partition coefficient (Wildman–Crippen LogP) is 1.48. The number of benzene rings is 1. The molecule has 1 atom stereocenters. The van der Waals surface area contributed by atoms with E-state index < -0.39 is 32.8 Å². The third kappa shape index (κ3) is 5.77. The Morgan fingerprint density at radius 2 is 1.92 bits per heavy atom. The minimum absolute atomic E-state index is 0.122. The topological polar surface area (TPSA) is 102 Å². The summed E-state index contributed by atoms with van der Waals surface area (Å²) in [6.45, 7) is 1.21. The Morgan fingerprint density at radius 1 is 1.27 bits per heavy atom. The van der Waals surface area contributed by atoms with Crippen LogP contribution in [0.1, 0.15) is 39.0 Å². The maximum absolute atomic E-state index is 13.5. The van der Waals surface area contributed by atoms with E-state index in [-0.39, 0.29) is 24.9 Å². The lowest BCUT2D eigenvalue weighted by Crippen LogP contribution is -2.41. The first-order valence-corrected chi connectivity index (χ1v) is 10.0. The molecule has 1 amide bonds. The van der Waals surface area contributed by atoms with Gasteiger partial charge in [-0.05, 0) is 31.9 Å². The van der Waals surface area contributed by atoms with Crippen LogP contribution in [0.25, 0.3) is 0 Å². The highest BCUT2D eigenvalue weighted by molar-refractivity contribution is 7.89. The van der Waals surface area contributed by atoms with Crippen LogP contribution in [-0.4, -0.2) is 39.0 Å². The zero-order chi connectivity index (χ0) is 19.2. The van der Waals surface area contributed by atoms with Gasteiger partial charge in [0.15, 0.2) is 6.10 Å². The summed E-state index contributed by atoms with van der Waals surface area (Å²) in [5, 5.41) is 2.82. The normalized spacial score (nSPS) is 16.2. The van der Waals surface area contributed by atoms with Crippen molar-refractivity contribution in [1.29, 1.82) is 0 Å². The van der Waals surface area contributed by atoms with Gasteiger partial charge in [0.2, 0.25) is 10.0 Å². The monoisotopic (exact) mass is 386 g/mol. The Balaban J connectivity index is 1.76. The molecular weight excluding hydrogens is 363 g/mol. The van der Waals surface area contributed by atoms with Crippen LogP contribution >= 0.6 is 0 Å². The maximum atomic E-state index is 13.5. The molecule has 7 nitrogen and oxygen atoms in total. The van der Waals surface area contributed by atoms with Gasteiger partial charge in [-0.3, -0.25) is 9.59 Å². The summed E-state index contributed by atoms with van der Waals surface area (Å²) in [5.74, 6) is -1.95. The van der Waals surface area contributed by atoms with Crippen molar-refractivity contribution >= 4 is 21.9 Å². The molecule has 0 radical (unpaired) electrons. The van der Waals surface area contributed by atoms with Crippen LogP contribution in [0.2, 0.25) is 0 Å². The summed E-state index contributed by atoms with van der Waals surface area (Å²) < 4.78 is 44.7. The van der Waals surface area contributed by atoms with Gasteiger partial charge in [0, 0.05) is 12.6 Å². The highest BCUT2D eigenvalue weighted by Crippen LogP contribution is 2.18. The zero-order valence-electron chi connectivity index (χ0n) is 14.5. The van der Waals surface area contributed by atoms with Gasteiger partial charge >= 0.3 is 5.97 Å². The van der Waals surface area contributed by atoms with Crippen LogP contribution in [0, 0.1) is 5.82 Å². The second-order valence-electron chi connectivity index (χ2n) is 6.20. The second kappa shape index (κ2) is 9.09. The number of halogens is 1. The smallest absolute Gasteiger partial charge is 0.307 e. The molecule has 0 aromatic heterocycles. The molecule has 0 heterocycles. The molecule has 26 heavy (non-hydrogen) atoms. The average Bonchev–Trinajstić information content (AvgIpc) is 3.07. The van der Waals surface area contributed by atoms with Crippen LogP contribution in [-0.2, 0) is 24.3 Å². The van der Waals surface area contributed by atoms with E-state index in [1.54, 1.807) is 0 Å². The maximum Gasteiger partial charge on any atom is 0.307 e. The summed E-state index contributed by atoms with van der Waals surface area (Å²) in [4.78, 5) is 23.2. The summed E-state index contributed by atoms with van der Waals surface area (Å²) in [6.07, 6.45) is 2.76. The number of rotatable bonds is 8. The Bertz CT molecular complexity index is 747. The van der Waals surface area contributed by atoms with Crippen molar-refractivity contribution < 1.29 is 27.1 Å². The summed E-state index contributed by atoms with van der Waals surface area (Å²) >= 11 is 0. The average molecular weight is 386 g/mol. The molecule has 1 fully saturated rings. The van der Waals surface area contributed by atoms with Gasteiger partial charge in [-0.25, -0.2) is 17.5 Å². The third-order valence-corrected chi connectivity index (χ3v) is 5.62. The minimum Gasteiger partial charge on any atom is -0.453 e. The van der Waals surface area contributed by atoms with E-state index in [2.05, 4.69) is 10.0 Å². The molecule has 9 heteroatoms. The second-order valence-corrected chi connectivity index (χ2v) is 7.94. The highest BCUT2D eigenvalue weighted by atomic mass is 32.2. The minimum atomic E-state index is -4.06. The van der Waals surface area contributed by atoms with Crippen molar-refractivity contribution in [3.63, 3.8) is 0 Å². The summed E-state index contributed by atoms with van der Waals surface area (Å²) in [5.41, 5.74) is 0. The fourth-order valence-corrected chi connectivity index (χ4v) is 3.83. The lowest BCUT2D eigenvalue weighted by atomic mass is 10.2. The van der Waals surface area contributed by atoms with Crippen LogP contribution in [0.4, 0.5) is 4.39 Å². The van der Waals surface area contributed by atoms with Gasteiger partial charge in [-0.1, -0.05) is 25.0 Å². The number of esters is 1. The largest absolute Gasteiger partial charge is 0.453 e. The molecule has 0 aliphatic heterocycles. The molecule has 144 valence electrons. The van der Waals surface area contributed by atoms with E-state index >= 15 is 0 Å². The standard InChI is InChI=1S/C17H23FN2O5S/c1-12(17(22)20-13-6-2-3-7-13)25-16(21)10-11-19-26(23,24)15-9-5-4-8-14(15)18/h4-5,8-9,12-13,19H,2-3,6-7,10-11H2,1H3,(H,20,22)/t12-/m0/s1. The molecule has 0 unspecified atom stereocenters. The predicted molar refractivity (Wildman–Crippen MR) is 92.2 cm³/mol. The summed E-state index contributed by atoms with van der Waals surface area (Å²) in [6, 6.07) is 5.07. The van der Waals surface area contributed by atoms with Gasteiger partial charge in [-0.15, -0.1) is 0 Å². The molecular formula is C17H23FN2O5S. The lowest BCUT2D eigenvalue weighted by Gasteiger charge is -2.17.